The van der Waals surface area contributed by atoms with Crippen molar-refractivity contribution in [1.82, 2.24) is 20.2 Å². The molecule has 3 aromatic rings. The highest BCUT2D eigenvalue weighted by molar-refractivity contribution is 9.10. The van der Waals surface area contributed by atoms with Gasteiger partial charge in [-0.15, -0.1) is 5.10 Å². The van der Waals surface area contributed by atoms with Gasteiger partial charge in [-0.3, -0.25) is 0 Å². The molecule has 0 amide bonds. The monoisotopic (exact) mass is 344 g/mol. The van der Waals surface area contributed by atoms with Gasteiger partial charge in [0.1, 0.15) is 12.4 Å². The van der Waals surface area contributed by atoms with Crippen molar-refractivity contribution in [3.63, 3.8) is 0 Å². The third-order valence-electron chi connectivity index (χ3n) is 3.60. The number of hydrogen-bond acceptors (Lipinski definition) is 4. The summed E-state index contributed by atoms with van der Waals surface area (Å²) < 4.78 is 8.78. The van der Waals surface area contributed by atoms with Gasteiger partial charge in [0.05, 0.1) is 6.04 Å². The van der Waals surface area contributed by atoms with Crippen LogP contribution in [0, 0.1) is 0 Å². The van der Waals surface area contributed by atoms with Crippen molar-refractivity contribution in [2.75, 3.05) is 0 Å². The van der Waals surface area contributed by atoms with Crippen LogP contribution in [-0.2, 0) is 6.61 Å². The largest absolute Gasteiger partial charge is 0.486 e. The van der Waals surface area contributed by atoms with Crippen molar-refractivity contribution < 1.29 is 4.74 Å². The first-order chi connectivity index (χ1) is 10.3. The number of halogens is 1. The molecular weight excluding hydrogens is 332 g/mol. The van der Waals surface area contributed by atoms with Crippen LogP contribution in [0.3, 0.4) is 0 Å². The molecule has 5 nitrogen and oxygen atoms in total. The summed E-state index contributed by atoms with van der Waals surface area (Å²) in [5.41, 5.74) is 0. The van der Waals surface area contributed by atoms with Crippen LogP contribution in [0.5, 0.6) is 5.75 Å². The third-order valence-corrected chi connectivity index (χ3v) is 4.09. The highest BCUT2D eigenvalue weighted by atomic mass is 79.9. The first kappa shape index (κ1) is 12.8. The molecule has 1 fully saturated rings. The summed E-state index contributed by atoms with van der Waals surface area (Å²) in [6, 6.07) is 12.7. The van der Waals surface area contributed by atoms with Gasteiger partial charge in [0.2, 0.25) is 0 Å². The van der Waals surface area contributed by atoms with E-state index in [2.05, 4.69) is 49.7 Å². The first-order valence-electron chi connectivity index (χ1n) is 6.88. The minimum Gasteiger partial charge on any atom is -0.486 e. The van der Waals surface area contributed by atoms with E-state index in [1.807, 2.05) is 22.9 Å². The molecule has 6 heteroatoms. The lowest BCUT2D eigenvalue weighted by Gasteiger charge is -2.07. The predicted octanol–water partition coefficient (Wildman–Crippen LogP) is 3.50. The van der Waals surface area contributed by atoms with Gasteiger partial charge in [-0.25, -0.2) is 4.68 Å². The molecule has 0 unspecified atom stereocenters. The average molecular weight is 345 g/mol. The van der Waals surface area contributed by atoms with Crippen LogP contribution < -0.4 is 4.74 Å². The molecule has 0 bridgehead atoms. The van der Waals surface area contributed by atoms with Gasteiger partial charge in [0, 0.05) is 4.47 Å². The van der Waals surface area contributed by atoms with Crippen molar-refractivity contribution >= 4 is 26.7 Å². The Morgan fingerprint density at radius 1 is 1.14 bits per heavy atom. The van der Waals surface area contributed by atoms with Crippen LogP contribution in [0.25, 0.3) is 10.8 Å². The zero-order valence-corrected chi connectivity index (χ0v) is 12.8. The molecule has 1 saturated carbocycles. The molecule has 0 aliphatic heterocycles. The number of rotatable bonds is 4. The summed E-state index contributed by atoms with van der Waals surface area (Å²) in [7, 11) is 0. The fourth-order valence-corrected chi connectivity index (χ4v) is 2.72. The minimum atomic E-state index is 0.394. The molecule has 2 aromatic carbocycles. The van der Waals surface area contributed by atoms with Gasteiger partial charge in [0.15, 0.2) is 5.82 Å². The number of aromatic nitrogens is 4. The number of tetrazole rings is 1. The quantitative estimate of drug-likeness (QED) is 0.726. The molecule has 0 radical (unpaired) electrons. The molecule has 106 valence electrons. The molecule has 0 N–H and O–H groups in total. The summed E-state index contributed by atoms with van der Waals surface area (Å²) in [5.74, 6) is 1.61. The van der Waals surface area contributed by atoms with Crippen molar-refractivity contribution in [2.45, 2.75) is 25.5 Å². The maximum absolute atomic E-state index is 5.83. The minimum absolute atomic E-state index is 0.394. The average Bonchev–Trinajstić information content (AvgIpc) is 3.23. The van der Waals surface area contributed by atoms with Crippen LogP contribution in [0.1, 0.15) is 24.7 Å². The Morgan fingerprint density at radius 2 is 1.95 bits per heavy atom. The van der Waals surface area contributed by atoms with E-state index in [1.165, 1.54) is 5.39 Å². The predicted molar refractivity (Wildman–Crippen MR) is 82.1 cm³/mol. The van der Waals surface area contributed by atoms with Gasteiger partial charge in [0.25, 0.3) is 0 Å². The number of fused-ring (bicyclic) bond motifs is 1. The summed E-state index contributed by atoms with van der Waals surface area (Å²) >= 11 is 3.48. The molecule has 1 heterocycles. The Hall–Kier alpha value is -1.95. The van der Waals surface area contributed by atoms with Gasteiger partial charge >= 0.3 is 0 Å². The van der Waals surface area contributed by atoms with E-state index in [0.29, 0.717) is 12.6 Å². The second-order valence-corrected chi connectivity index (χ2v) is 6.13. The number of benzene rings is 2. The molecule has 1 aliphatic carbocycles. The van der Waals surface area contributed by atoms with E-state index in [1.54, 1.807) is 0 Å². The van der Waals surface area contributed by atoms with E-state index in [0.717, 1.165) is 34.3 Å². The highest BCUT2D eigenvalue weighted by Gasteiger charge is 2.27. The van der Waals surface area contributed by atoms with Crippen molar-refractivity contribution in [3.05, 3.63) is 46.7 Å². The molecule has 0 spiro atoms. The van der Waals surface area contributed by atoms with E-state index in [4.69, 9.17) is 4.74 Å². The summed E-state index contributed by atoms with van der Waals surface area (Å²) in [5, 5.41) is 14.1. The fourth-order valence-electron chi connectivity index (χ4n) is 2.34. The smallest absolute Gasteiger partial charge is 0.189 e. The first-order valence-corrected chi connectivity index (χ1v) is 7.68. The topological polar surface area (TPSA) is 52.8 Å². The molecule has 0 atom stereocenters. The highest BCUT2D eigenvalue weighted by Crippen LogP contribution is 2.34. The van der Waals surface area contributed by atoms with Gasteiger partial charge in [-0.1, -0.05) is 28.1 Å². The van der Waals surface area contributed by atoms with Crippen LogP contribution in [0.4, 0.5) is 0 Å². The van der Waals surface area contributed by atoms with Crippen LogP contribution >= 0.6 is 15.9 Å². The second-order valence-electron chi connectivity index (χ2n) is 5.21. The third kappa shape index (κ3) is 2.63. The van der Waals surface area contributed by atoms with E-state index in [-0.39, 0.29) is 0 Å². The SMILES string of the molecule is Brc1ccc2cc(OCc3nnnn3C3CC3)ccc2c1. The Kier molecular flexibility index (Phi) is 3.11. The maximum atomic E-state index is 5.83. The van der Waals surface area contributed by atoms with Gasteiger partial charge in [-0.2, -0.15) is 0 Å². The Morgan fingerprint density at radius 3 is 2.81 bits per heavy atom. The van der Waals surface area contributed by atoms with Crippen molar-refractivity contribution in [2.24, 2.45) is 0 Å². The second kappa shape index (κ2) is 5.11. The van der Waals surface area contributed by atoms with Crippen molar-refractivity contribution in [1.29, 1.82) is 0 Å². The van der Waals surface area contributed by atoms with Crippen molar-refractivity contribution in [3.8, 4) is 5.75 Å². The Labute approximate surface area is 130 Å². The van der Waals surface area contributed by atoms with E-state index in [9.17, 15) is 0 Å². The Bertz CT molecular complexity index is 797. The lowest BCUT2D eigenvalue weighted by Crippen LogP contribution is -2.07. The number of ether oxygens (including phenoxy) is 1. The number of nitrogens with zero attached hydrogens (tertiary/aromatic N) is 4. The standard InChI is InChI=1S/C15H13BrN4O/c16-12-3-1-11-8-14(6-2-10(11)7-12)21-9-15-17-18-19-20(15)13-4-5-13/h1-3,6-8,13H,4-5,9H2. The fraction of sp³-hybridized carbons (Fsp3) is 0.267. The van der Waals surface area contributed by atoms with Crippen LogP contribution in [0.2, 0.25) is 0 Å². The maximum Gasteiger partial charge on any atom is 0.189 e. The molecular formula is C15H13BrN4O. The molecule has 0 saturated heterocycles. The summed E-state index contributed by atoms with van der Waals surface area (Å²) in [6.07, 6.45) is 2.31. The summed E-state index contributed by atoms with van der Waals surface area (Å²) in [4.78, 5) is 0. The van der Waals surface area contributed by atoms with Crippen LogP contribution in [0.15, 0.2) is 40.9 Å². The van der Waals surface area contributed by atoms with Crippen LogP contribution in [-0.4, -0.2) is 20.2 Å². The summed E-state index contributed by atoms with van der Waals surface area (Å²) in [6.45, 7) is 0.394. The molecule has 21 heavy (non-hydrogen) atoms. The lowest BCUT2D eigenvalue weighted by molar-refractivity contribution is 0.287. The molecule has 1 aromatic heterocycles. The molecule has 4 rings (SSSR count). The van der Waals surface area contributed by atoms with E-state index < -0.39 is 0 Å². The zero-order valence-electron chi connectivity index (χ0n) is 11.2. The zero-order chi connectivity index (χ0) is 14.2. The van der Waals surface area contributed by atoms with Gasteiger partial charge in [-0.05, 0) is 58.3 Å². The molecule has 1 aliphatic rings. The normalized spacial score (nSPS) is 14.5. The Balaban J connectivity index is 1.54. The van der Waals surface area contributed by atoms with E-state index >= 15 is 0 Å². The van der Waals surface area contributed by atoms with Gasteiger partial charge < -0.3 is 4.74 Å². The lowest BCUT2D eigenvalue weighted by atomic mass is 10.1. The number of hydrogen-bond donors (Lipinski definition) is 0.